The Bertz CT molecular complexity index is 686. The maximum absolute atomic E-state index is 13.6. The molecule has 1 aromatic carbocycles. The number of nitrogens with one attached hydrogen (secondary N) is 2. The second-order valence-electron chi connectivity index (χ2n) is 4.11. The first-order valence-electron chi connectivity index (χ1n) is 5.79. The van der Waals surface area contributed by atoms with Crippen LogP contribution in [0.15, 0.2) is 35.5 Å². The van der Waals surface area contributed by atoms with Gasteiger partial charge in [0.15, 0.2) is 11.6 Å². The molecule has 2 rings (SSSR count). The lowest BCUT2D eigenvalue weighted by atomic mass is 10.3. The molecule has 2 aromatic rings. The number of benzene rings is 1. The van der Waals surface area contributed by atoms with Crippen molar-refractivity contribution in [3.05, 3.63) is 42.2 Å². The first kappa shape index (κ1) is 14.5. The highest BCUT2D eigenvalue weighted by Crippen LogP contribution is 2.21. The Labute approximate surface area is 116 Å². The summed E-state index contributed by atoms with van der Waals surface area (Å²) in [5.74, 6) is -0.272. The third-order valence-electron chi connectivity index (χ3n) is 2.70. The second kappa shape index (κ2) is 5.59. The van der Waals surface area contributed by atoms with Crippen LogP contribution in [0.4, 0.5) is 4.39 Å². The van der Waals surface area contributed by atoms with Gasteiger partial charge in [-0.2, -0.15) is 0 Å². The first-order chi connectivity index (χ1) is 9.44. The minimum absolute atomic E-state index is 0.0111. The molecule has 0 aliphatic rings. The summed E-state index contributed by atoms with van der Waals surface area (Å²) in [6, 6.07) is 2.90. The number of nitrogens with zero attached hydrogens (tertiary/aromatic N) is 1. The zero-order valence-corrected chi connectivity index (χ0v) is 11.7. The summed E-state index contributed by atoms with van der Waals surface area (Å²) in [5, 5.41) is 0. The third-order valence-corrected chi connectivity index (χ3v) is 4.23. The smallest absolute Gasteiger partial charge is 0.241 e. The number of hydrogen-bond acceptors (Lipinski definition) is 4. The van der Waals surface area contributed by atoms with E-state index in [0.717, 1.165) is 6.07 Å². The molecule has 0 bridgehead atoms. The lowest BCUT2D eigenvalue weighted by Gasteiger charge is -2.12. The molecule has 0 spiro atoms. The summed E-state index contributed by atoms with van der Waals surface area (Å²) < 4.78 is 45.0. The van der Waals surface area contributed by atoms with E-state index in [0.29, 0.717) is 5.82 Å². The lowest BCUT2D eigenvalue weighted by Crippen LogP contribution is -2.27. The molecule has 20 heavy (non-hydrogen) atoms. The van der Waals surface area contributed by atoms with Crippen LogP contribution in [0.5, 0.6) is 5.75 Å². The van der Waals surface area contributed by atoms with Crippen molar-refractivity contribution >= 4 is 10.0 Å². The minimum Gasteiger partial charge on any atom is -0.494 e. The number of imidazole rings is 1. The van der Waals surface area contributed by atoms with Crippen molar-refractivity contribution in [2.24, 2.45) is 0 Å². The molecule has 8 heteroatoms. The van der Waals surface area contributed by atoms with Crippen molar-refractivity contribution in [1.82, 2.24) is 14.7 Å². The maximum Gasteiger partial charge on any atom is 0.241 e. The molecule has 0 aliphatic carbocycles. The summed E-state index contributed by atoms with van der Waals surface area (Å²) in [4.78, 5) is 6.60. The fourth-order valence-electron chi connectivity index (χ4n) is 1.69. The number of ether oxygens (including phenoxy) is 1. The molecule has 0 amide bonds. The third kappa shape index (κ3) is 2.97. The number of sulfonamides is 1. The number of H-pyrrole nitrogens is 1. The largest absolute Gasteiger partial charge is 0.494 e. The molecular weight excluding hydrogens is 285 g/mol. The van der Waals surface area contributed by atoms with Crippen molar-refractivity contribution in [2.45, 2.75) is 17.9 Å². The van der Waals surface area contributed by atoms with Gasteiger partial charge >= 0.3 is 0 Å². The standard InChI is InChI=1S/C12H14FN3O3S/c1-8(12-14-5-6-15-12)16-20(17,18)9-3-4-11(19-2)10(13)7-9/h3-8,16H,1-2H3,(H,14,15). The number of methoxy groups -OCH3 is 1. The van der Waals surface area contributed by atoms with Crippen LogP contribution in [0.1, 0.15) is 18.8 Å². The molecule has 0 saturated heterocycles. The van der Waals surface area contributed by atoms with E-state index in [-0.39, 0.29) is 10.6 Å². The van der Waals surface area contributed by atoms with Crippen molar-refractivity contribution < 1.29 is 17.5 Å². The van der Waals surface area contributed by atoms with Gasteiger partial charge in [0.05, 0.1) is 18.0 Å². The van der Waals surface area contributed by atoms with Gasteiger partial charge in [0.1, 0.15) is 5.82 Å². The Kier molecular flexibility index (Phi) is 4.05. The first-order valence-corrected chi connectivity index (χ1v) is 7.27. The molecular formula is C12H14FN3O3S. The molecule has 1 aromatic heterocycles. The van der Waals surface area contributed by atoms with Gasteiger partial charge in [-0.3, -0.25) is 0 Å². The molecule has 0 saturated carbocycles. The van der Waals surface area contributed by atoms with Gasteiger partial charge in [-0.1, -0.05) is 0 Å². The minimum atomic E-state index is -3.84. The number of hydrogen-bond donors (Lipinski definition) is 2. The molecule has 108 valence electrons. The molecule has 1 unspecified atom stereocenters. The zero-order chi connectivity index (χ0) is 14.8. The summed E-state index contributed by atoms with van der Waals surface area (Å²) >= 11 is 0. The van der Waals surface area contributed by atoms with E-state index < -0.39 is 21.9 Å². The molecule has 0 radical (unpaired) electrons. The SMILES string of the molecule is COc1ccc(S(=O)(=O)NC(C)c2ncc[nH]2)cc1F. The van der Waals surface area contributed by atoms with Crippen LogP contribution in [-0.2, 0) is 10.0 Å². The Morgan fingerprint density at radius 1 is 1.45 bits per heavy atom. The van der Waals surface area contributed by atoms with E-state index in [1.807, 2.05) is 0 Å². The number of aromatic amines is 1. The highest BCUT2D eigenvalue weighted by Gasteiger charge is 2.21. The van der Waals surface area contributed by atoms with Gasteiger partial charge < -0.3 is 9.72 Å². The van der Waals surface area contributed by atoms with Gasteiger partial charge in [-0.05, 0) is 25.1 Å². The van der Waals surface area contributed by atoms with Crippen molar-refractivity contribution in [3.8, 4) is 5.75 Å². The zero-order valence-electron chi connectivity index (χ0n) is 10.9. The predicted molar refractivity (Wildman–Crippen MR) is 70.3 cm³/mol. The van der Waals surface area contributed by atoms with Gasteiger partial charge in [0.25, 0.3) is 0 Å². The highest BCUT2D eigenvalue weighted by molar-refractivity contribution is 7.89. The van der Waals surface area contributed by atoms with Crippen LogP contribution < -0.4 is 9.46 Å². The van der Waals surface area contributed by atoms with Crippen LogP contribution in [0.2, 0.25) is 0 Å². The Balaban J connectivity index is 2.24. The molecule has 6 nitrogen and oxygen atoms in total. The van der Waals surface area contributed by atoms with Gasteiger partial charge in [0.2, 0.25) is 10.0 Å². The monoisotopic (exact) mass is 299 g/mol. The van der Waals surface area contributed by atoms with E-state index >= 15 is 0 Å². The molecule has 2 N–H and O–H groups in total. The summed E-state index contributed by atoms with van der Waals surface area (Å²) in [5.41, 5.74) is 0. The number of halogens is 1. The van der Waals surface area contributed by atoms with E-state index in [2.05, 4.69) is 14.7 Å². The average Bonchev–Trinajstić information content (AvgIpc) is 2.92. The summed E-state index contributed by atoms with van der Waals surface area (Å²) in [6.45, 7) is 1.64. The average molecular weight is 299 g/mol. The van der Waals surface area contributed by atoms with E-state index in [1.54, 1.807) is 13.1 Å². The molecule has 0 fully saturated rings. The molecule has 1 heterocycles. The quantitative estimate of drug-likeness (QED) is 0.878. The topological polar surface area (TPSA) is 84.1 Å². The van der Waals surface area contributed by atoms with Crippen LogP contribution in [0.25, 0.3) is 0 Å². The van der Waals surface area contributed by atoms with Crippen LogP contribution in [0.3, 0.4) is 0 Å². The Morgan fingerprint density at radius 3 is 2.75 bits per heavy atom. The van der Waals surface area contributed by atoms with Gasteiger partial charge in [0, 0.05) is 12.4 Å². The predicted octanol–water partition coefficient (Wildman–Crippen LogP) is 1.60. The van der Waals surface area contributed by atoms with Crippen LogP contribution in [0, 0.1) is 5.82 Å². The van der Waals surface area contributed by atoms with Crippen molar-refractivity contribution in [3.63, 3.8) is 0 Å². The van der Waals surface area contributed by atoms with Crippen molar-refractivity contribution in [2.75, 3.05) is 7.11 Å². The lowest BCUT2D eigenvalue weighted by molar-refractivity contribution is 0.385. The van der Waals surface area contributed by atoms with Crippen LogP contribution >= 0.6 is 0 Å². The molecule has 1 atom stereocenters. The maximum atomic E-state index is 13.6. The summed E-state index contributed by atoms with van der Waals surface area (Å²) in [6.07, 6.45) is 3.11. The molecule has 0 aliphatic heterocycles. The second-order valence-corrected chi connectivity index (χ2v) is 5.83. The number of rotatable bonds is 5. The van der Waals surface area contributed by atoms with Crippen molar-refractivity contribution in [1.29, 1.82) is 0 Å². The van der Waals surface area contributed by atoms with Gasteiger partial charge in [-0.15, -0.1) is 0 Å². The van der Waals surface area contributed by atoms with E-state index in [1.165, 1.54) is 25.4 Å². The summed E-state index contributed by atoms with van der Waals surface area (Å²) in [7, 11) is -2.53. The van der Waals surface area contributed by atoms with Gasteiger partial charge in [-0.25, -0.2) is 22.5 Å². The highest BCUT2D eigenvalue weighted by atomic mass is 32.2. The normalized spacial score (nSPS) is 13.2. The fourth-order valence-corrected chi connectivity index (χ4v) is 2.90. The van der Waals surface area contributed by atoms with E-state index in [4.69, 9.17) is 4.74 Å². The van der Waals surface area contributed by atoms with Crippen LogP contribution in [-0.4, -0.2) is 25.5 Å². The number of aromatic nitrogens is 2. The van der Waals surface area contributed by atoms with E-state index in [9.17, 15) is 12.8 Å². The Morgan fingerprint density at radius 2 is 2.20 bits per heavy atom. The Hall–Kier alpha value is -1.93. The fraction of sp³-hybridized carbons (Fsp3) is 0.250.